The van der Waals surface area contributed by atoms with Gasteiger partial charge >= 0.3 is 5.97 Å². The lowest BCUT2D eigenvalue weighted by Crippen LogP contribution is -2.53. The lowest BCUT2D eigenvalue weighted by Gasteiger charge is -2.36. The van der Waals surface area contributed by atoms with Gasteiger partial charge in [0.05, 0.1) is 16.4 Å². The van der Waals surface area contributed by atoms with E-state index in [1.165, 1.54) is 0 Å². The number of rotatable bonds is 4. The number of aliphatic carboxylic acids is 1. The highest BCUT2D eigenvalue weighted by Gasteiger charge is 2.37. The summed E-state index contributed by atoms with van der Waals surface area (Å²) in [4.78, 5) is 27.0. The van der Waals surface area contributed by atoms with Gasteiger partial charge in [0.15, 0.2) is 0 Å². The predicted molar refractivity (Wildman–Crippen MR) is 88.5 cm³/mol. The fraction of sp³-hybridized carbons (Fsp3) is 0.375. The molecule has 0 unspecified atom stereocenters. The molecule has 0 bridgehead atoms. The number of carboxylic acids is 1. The Morgan fingerprint density at radius 1 is 1.30 bits per heavy atom. The Kier molecular flexibility index (Phi) is 4.41. The van der Waals surface area contributed by atoms with Crippen molar-refractivity contribution in [2.75, 3.05) is 13.2 Å². The zero-order valence-corrected chi connectivity index (χ0v) is 14.0. The van der Waals surface area contributed by atoms with Crippen molar-refractivity contribution in [1.82, 2.24) is 10.3 Å². The molecule has 6 nitrogen and oxygen atoms in total. The second-order valence-electron chi connectivity index (χ2n) is 5.78. The first-order chi connectivity index (χ1) is 11.0. The third kappa shape index (κ3) is 3.25. The van der Waals surface area contributed by atoms with E-state index in [0.717, 1.165) is 10.9 Å². The summed E-state index contributed by atoms with van der Waals surface area (Å²) in [6.45, 7) is 0.892. The van der Waals surface area contributed by atoms with Gasteiger partial charge in [-0.05, 0) is 34.8 Å². The molecule has 2 aromatic rings. The molecule has 1 fully saturated rings. The van der Waals surface area contributed by atoms with Crippen molar-refractivity contribution in [2.24, 2.45) is 0 Å². The number of H-pyrrole nitrogens is 1. The summed E-state index contributed by atoms with van der Waals surface area (Å²) in [7, 11) is 0. The smallest absolute Gasteiger partial charge is 0.305 e. The van der Waals surface area contributed by atoms with Crippen LogP contribution in [0.5, 0.6) is 0 Å². The van der Waals surface area contributed by atoms with Crippen LogP contribution >= 0.6 is 15.9 Å². The first kappa shape index (κ1) is 16.0. The van der Waals surface area contributed by atoms with E-state index in [-0.39, 0.29) is 12.3 Å². The Labute approximate surface area is 141 Å². The van der Waals surface area contributed by atoms with Gasteiger partial charge < -0.3 is 20.1 Å². The lowest BCUT2D eigenvalue weighted by atomic mass is 9.86. The Bertz CT molecular complexity index is 750. The number of fused-ring (bicyclic) bond motifs is 1. The van der Waals surface area contributed by atoms with Crippen LogP contribution in [0.1, 0.15) is 29.8 Å². The first-order valence-corrected chi connectivity index (χ1v) is 8.18. The number of carbonyl (C=O) groups excluding carboxylic acids is 1. The average Bonchev–Trinajstić information content (AvgIpc) is 2.85. The molecule has 1 aliphatic rings. The zero-order chi connectivity index (χ0) is 16.4. The van der Waals surface area contributed by atoms with Crippen LogP contribution in [0, 0.1) is 0 Å². The molecule has 1 aromatic heterocycles. The zero-order valence-electron chi connectivity index (χ0n) is 12.4. The van der Waals surface area contributed by atoms with Gasteiger partial charge in [-0.1, -0.05) is 18.2 Å². The van der Waals surface area contributed by atoms with Crippen LogP contribution < -0.4 is 5.32 Å². The number of aromatic amines is 1. The SMILES string of the molecule is O=C(O)CC1(NC(=O)c2[nH]c3ccccc3c2Br)CCOCC1. The number of ether oxygens (including phenoxy) is 1. The summed E-state index contributed by atoms with van der Waals surface area (Å²) >= 11 is 3.45. The number of aromatic nitrogens is 1. The van der Waals surface area contributed by atoms with Gasteiger partial charge in [-0.2, -0.15) is 0 Å². The summed E-state index contributed by atoms with van der Waals surface area (Å²) < 4.78 is 5.99. The monoisotopic (exact) mass is 380 g/mol. The van der Waals surface area contributed by atoms with Crippen molar-refractivity contribution in [2.45, 2.75) is 24.8 Å². The Balaban J connectivity index is 1.88. The van der Waals surface area contributed by atoms with Crippen molar-refractivity contribution in [3.05, 3.63) is 34.4 Å². The molecule has 1 amide bonds. The highest BCUT2D eigenvalue weighted by Crippen LogP contribution is 2.30. The van der Waals surface area contributed by atoms with E-state index in [2.05, 4.69) is 26.2 Å². The van der Waals surface area contributed by atoms with E-state index in [1.54, 1.807) is 0 Å². The maximum absolute atomic E-state index is 12.7. The molecule has 7 heteroatoms. The number of amides is 1. The Morgan fingerprint density at radius 2 is 2.00 bits per heavy atom. The van der Waals surface area contributed by atoms with Crippen LogP contribution in [0.3, 0.4) is 0 Å². The van der Waals surface area contributed by atoms with Crippen LogP contribution in [0.15, 0.2) is 28.7 Å². The number of nitrogens with one attached hydrogen (secondary N) is 2. The second-order valence-corrected chi connectivity index (χ2v) is 6.57. The minimum atomic E-state index is -0.928. The first-order valence-electron chi connectivity index (χ1n) is 7.39. The molecule has 0 atom stereocenters. The molecule has 1 saturated heterocycles. The summed E-state index contributed by atoms with van der Waals surface area (Å²) in [5.74, 6) is -1.24. The number of carboxylic acid groups (broad SMARTS) is 1. The van der Waals surface area contributed by atoms with E-state index in [0.29, 0.717) is 36.2 Å². The normalized spacial score (nSPS) is 17.1. The van der Waals surface area contributed by atoms with Crippen molar-refractivity contribution in [3.63, 3.8) is 0 Å². The topological polar surface area (TPSA) is 91.4 Å². The van der Waals surface area contributed by atoms with Gasteiger partial charge in [-0.25, -0.2) is 0 Å². The maximum atomic E-state index is 12.7. The lowest BCUT2D eigenvalue weighted by molar-refractivity contribution is -0.139. The van der Waals surface area contributed by atoms with Gasteiger partial charge in [0.25, 0.3) is 5.91 Å². The molecule has 0 spiro atoms. The molecule has 2 heterocycles. The average molecular weight is 381 g/mol. The standard InChI is InChI=1S/C16H17BrN2O4/c17-13-10-3-1-2-4-11(10)18-14(13)15(22)19-16(9-12(20)21)5-7-23-8-6-16/h1-4,18H,5-9H2,(H,19,22)(H,20,21). The van der Waals surface area contributed by atoms with Crippen LogP contribution in [0.4, 0.5) is 0 Å². The minimum Gasteiger partial charge on any atom is -0.481 e. The van der Waals surface area contributed by atoms with Gasteiger partial charge in [-0.15, -0.1) is 0 Å². The number of benzene rings is 1. The second kappa shape index (κ2) is 6.33. The van der Waals surface area contributed by atoms with E-state index >= 15 is 0 Å². The molecule has 0 radical (unpaired) electrons. The fourth-order valence-electron chi connectivity index (χ4n) is 2.97. The molecular weight excluding hydrogens is 364 g/mol. The van der Waals surface area contributed by atoms with Crippen molar-refractivity contribution >= 4 is 38.7 Å². The van der Waals surface area contributed by atoms with Crippen molar-refractivity contribution in [3.8, 4) is 0 Å². The summed E-state index contributed by atoms with van der Waals surface area (Å²) in [5.41, 5.74) is 0.490. The molecule has 0 saturated carbocycles. The van der Waals surface area contributed by atoms with E-state index in [1.807, 2.05) is 24.3 Å². The van der Waals surface area contributed by atoms with Gasteiger partial charge in [0.2, 0.25) is 0 Å². The van der Waals surface area contributed by atoms with Crippen LogP contribution in [-0.2, 0) is 9.53 Å². The minimum absolute atomic E-state index is 0.111. The summed E-state index contributed by atoms with van der Waals surface area (Å²) in [5, 5.41) is 13.0. The number of carbonyl (C=O) groups is 2. The van der Waals surface area contributed by atoms with Gasteiger partial charge in [0, 0.05) is 24.1 Å². The van der Waals surface area contributed by atoms with E-state index < -0.39 is 11.5 Å². The Morgan fingerprint density at radius 3 is 2.65 bits per heavy atom. The molecule has 1 aliphatic heterocycles. The molecule has 122 valence electrons. The number of para-hydroxylation sites is 1. The fourth-order valence-corrected chi connectivity index (χ4v) is 3.59. The maximum Gasteiger partial charge on any atom is 0.305 e. The van der Waals surface area contributed by atoms with E-state index in [4.69, 9.17) is 4.74 Å². The van der Waals surface area contributed by atoms with Crippen LogP contribution in [0.25, 0.3) is 10.9 Å². The van der Waals surface area contributed by atoms with Crippen LogP contribution in [0.2, 0.25) is 0 Å². The molecular formula is C16H17BrN2O4. The van der Waals surface area contributed by atoms with Crippen molar-refractivity contribution in [1.29, 1.82) is 0 Å². The molecule has 0 aliphatic carbocycles. The van der Waals surface area contributed by atoms with Crippen molar-refractivity contribution < 1.29 is 19.4 Å². The predicted octanol–water partition coefficient (Wildman–Crippen LogP) is 2.68. The third-order valence-electron chi connectivity index (χ3n) is 4.19. The largest absolute Gasteiger partial charge is 0.481 e. The molecule has 3 N–H and O–H groups in total. The summed E-state index contributed by atoms with van der Waals surface area (Å²) in [6.07, 6.45) is 0.867. The van der Waals surface area contributed by atoms with Crippen LogP contribution in [-0.4, -0.2) is 40.7 Å². The highest BCUT2D eigenvalue weighted by atomic mass is 79.9. The number of hydrogen-bond donors (Lipinski definition) is 3. The molecule has 1 aromatic carbocycles. The third-order valence-corrected chi connectivity index (χ3v) is 5.01. The number of hydrogen-bond acceptors (Lipinski definition) is 3. The van der Waals surface area contributed by atoms with Gasteiger partial charge in [0.1, 0.15) is 5.69 Å². The highest BCUT2D eigenvalue weighted by molar-refractivity contribution is 9.10. The summed E-state index contributed by atoms with van der Waals surface area (Å²) in [6, 6.07) is 7.58. The quantitative estimate of drug-likeness (QED) is 0.760. The molecule has 23 heavy (non-hydrogen) atoms. The van der Waals surface area contributed by atoms with Gasteiger partial charge in [-0.3, -0.25) is 9.59 Å². The Hall–Kier alpha value is -1.86. The number of halogens is 1. The molecule has 3 rings (SSSR count). The van der Waals surface area contributed by atoms with E-state index in [9.17, 15) is 14.7 Å².